The Morgan fingerprint density at radius 1 is 1.53 bits per heavy atom. The van der Waals surface area contributed by atoms with Gasteiger partial charge in [0, 0.05) is 30.4 Å². The molecule has 1 aliphatic carbocycles. The second-order valence-corrected chi connectivity index (χ2v) is 4.99. The Bertz CT molecular complexity index is 503. The lowest BCUT2D eigenvalue weighted by Crippen LogP contribution is -2.17. The number of pyridine rings is 1. The van der Waals surface area contributed by atoms with Crippen LogP contribution in [0.15, 0.2) is 24.5 Å². The Kier molecular flexibility index (Phi) is 2.85. The van der Waals surface area contributed by atoms with E-state index in [0.29, 0.717) is 0 Å². The zero-order chi connectivity index (χ0) is 11.7. The first-order valence-corrected chi connectivity index (χ1v) is 6.53. The first-order chi connectivity index (χ1) is 8.38. The maximum atomic E-state index is 4.31. The van der Waals surface area contributed by atoms with Gasteiger partial charge in [0.05, 0.1) is 0 Å². The number of hydrogen-bond donors (Lipinski definition) is 2. The van der Waals surface area contributed by atoms with Crippen molar-refractivity contribution in [2.24, 2.45) is 5.92 Å². The summed E-state index contributed by atoms with van der Waals surface area (Å²) in [5.41, 5.74) is 2.32. The van der Waals surface area contributed by atoms with Gasteiger partial charge in [0.15, 0.2) is 0 Å². The Morgan fingerprint density at radius 3 is 3.35 bits per heavy atom. The fourth-order valence-electron chi connectivity index (χ4n) is 2.59. The monoisotopic (exact) mass is 229 g/mol. The minimum Gasteiger partial charge on any atom is -0.346 e. The molecule has 2 atom stereocenters. The molecule has 17 heavy (non-hydrogen) atoms. The van der Waals surface area contributed by atoms with Crippen LogP contribution in [0.5, 0.6) is 0 Å². The molecule has 3 rings (SSSR count). The highest BCUT2D eigenvalue weighted by Crippen LogP contribution is 2.34. The molecule has 0 amide bonds. The van der Waals surface area contributed by atoms with Crippen molar-refractivity contribution in [2.75, 3.05) is 0 Å². The third-order valence-corrected chi connectivity index (χ3v) is 3.67. The number of nitrogens with zero attached hydrogens (tertiary/aromatic N) is 1. The molecule has 1 aliphatic rings. The average molecular weight is 229 g/mol. The van der Waals surface area contributed by atoms with Crippen molar-refractivity contribution < 1.29 is 0 Å². The van der Waals surface area contributed by atoms with Crippen molar-refractivity contribution in [3.05, 3.63) is 30.1 Å². The van der Waals surface area contributed by atoms with Crippen LogP contribution in [-0.2, 0) is 6.54 Å². The number of aromatic amines is 1. The van der Waals surface area contributed by atoms with Gasteiger partial charge in [-0.05, 0) is 36.5 Å². The van der Waals surface area contributed by atoms with E-state index < -0.39 is 0 Å². The van der Waals surface area contributed by atoms with Crippen LogP contribution < -0.4 is 5.32 Å². The van der Waals surface area contributed by atoms with Crippen LogP contribution in [0.2, 0.25) is 0 Å². The summed E-state index contributed by atoms with van der Waals surface area (Å²) in [6.07, 6.45) is 7.93. The number of hydrogen-bond acceptors (Lipinski definition) is 2. The third-order valence-electron chi connectivity index (χ3n) is 3.67. The highest BCUT2D eigenvalue weighted by molar-refractivity contribution is 5.79. The second-order valence-electron chi connectivity index (χ2n) is 4.99. The van der Waals surface area contributed by atoms with Gasteiger partial charge in [-0.25, -0.2) is 4.98 Å². The van der Waals surface area contributed by atoms with Crippen molar-refractivity contribution in [1.29, 1.82) is 0 Å². The molecule has 2 aromatic rings. The SMILES string of the molecule is CCCC1CC1NCc1c[nH]c2ncccc12. The van der Waals surface area contributed by atoms with Crippen molar-refractivity contribution in [3.8, 4) is 0 Å². The summed E-state index contributed by atoms with van der Waals surface area (Å²) >= 11 is 0. The van der Waals surface area contributed by atoms with E-state index in [0.717, 1.165) is 24.2 Å². The van der Waals surface area contributed by atoms with Crippen LogP contribution in [-0.4, -0.2) is 16.0 Å². The molecule has 0 radical (unpaired) electrons. The molecule has 2 N–H and O–H groups in total. The highest BCUT2D eigenvalue weighted by Gasteiger charge is 2.35. The van der Waals surface area contributed by atoms with Crippen molar-refractivity contribution >= 4 is 11.0 Å². The zero-order valence-electron chi connectivity index (χ0n) is 10.2. The van der Waals surface area contributed by atoms with Gasteiger partial charge < -0.3 is 10.3 Å². The third kappa shape index (κ3) is 2.20. The number of fused-ring (bicyclic) bond motifs is 1. The standard InChI is InChI=1S/C14H19N3/c1-2-4-10-7-13(10)16-8-11-9-17-14-12(11)5-3-6-15-14/h3,5-6,9-10,13,16H,2,4,7-8H2,1H3,(H,15,17). The van der Waals surface area contributed by atoms with Crippen LogP contribution in [0.3, 0.4) is 0 Å². The maximum Gasteiger partial charge on any atom is 0.137 e. The molecule has 2 unspecified atom stereocenters. The summed E-state index contributed by atoms with van der Waals surface area (Å²) in [6, 6.07) is 4.87. The Hall–Kier alpha value is -1.35. The minimum absolute atomic E-state index is 0.747. The maximum absolute atomic E-state index is 4.31. The average Bonchev–Trinajstić information content (AvgIpc) is 2.97. The van der Waals surface area contributed by atoms with E-state index in [2.05, 4.69) is 34.5 Å². The lowest BCUT2D eigenvalue weighted by atomic mass is 10.2. The van der Waals surface area contributed by atoms with Crippen LogP contribution in [0, 0.1) is 5.92 Å². The van der Waals surface area contributed by atoms with Crippen molar-refractivity contribution in [1.82, 2.24) is 15.3 Å². The zero-order valence-corrected chi connectivity index (χ0v) is 10.2. The molecule has 2 heterocycles. The van der Waals surface area contributed by atoms with Crippen molar-refractivity contribution in [3.63, 3.8) is 0 Å². The predicted molar refractivity (Wildman–Crippen MR) is 69.7 cm³/mol. The quantitative estimate of drug-likeness (QED) is 0.827. The Morgan fingerprint density at radius 2 is 2.47 bits per heavy atom. The van der Waals surface area contributed by atoms with Crippen LogP contribution in [0.4, 0.5) is 0 Å². The van der Waals surface area contributed by atoms with Gasteiger partial charge in [-0.3, -0.25) is 0 Å². The molecule has 90 valence electrons. The fourth-order valence-corrected chi connectivity index (χ4v) is 2.59. The summed E-state index contributed by atoms with van der Waals surface area (Å²) in [6.45, 7) is 3.22. The van der Waals surface area contributed by atoms with Gasteiger partial charge in [0.25, 0.3) is 0 Å². The first-order valence-electron chi connectivity index (χ1n) is 6.53. The van der Waals surface area contributed by atoms with E-state index in [4.69, 9.17) is 0 Å². The van der Waals surface area contributed by atoms with Crippen LogP contribution in [0.1, 0.15) is 31.7 Å². The fraction of sp³-hybridized carbons (Fsp3) is 0.500. The molecular weight excluding hydrogens is 210 g/mol. The molecule has 0 aliphatic heterocycles. The number of aromatic nitrogens is 2. The lowest BCUT2D eigenvalue weighted by Gasteiger charge is -2.02. The number of nitrogens with one attached hydrogen (secondary N) is 2. The molecule has 3 heteroatoms. The first kappa shape index (κ1) is 10.8. The summed E-state index contributed by atoms with van der Waals surface area (Å²) < 4.78 is 0. The van der Waals surface area contributed by atoms with E-state index in [9.17, 15) is 0 Å². The number of rotatable bonds is 5. The molecule has 3 nitrogen and oxygen atoms in total. The molecule has 0 spiro atoms. The highest BCUT2D eigenvalue weighted by atomic mass is 15.0. The van der Waals surface area contributed by atoms with E-state index >= 15 is 0 Å². The van der Waals surface area contributed by atoms with Gasteiger partial charge in [0.1, 0.15) is 5.65 Å². The molecule has 1 saturated carbocycles. The van der Waals surface area contributed by atoms with Crippen molar-refractivity contribution in [2.45, 2.75) is 38.8 Å². The van der Waals surface area contributed by atoms with E-state index in [1.54, 1.807) is 0 Å². The summed E-state index contributed by atoms with van der Waals surface area (Å²) in [5.74, 6) is 0.920. The van der Waals surface area contributed by atoms with E-state index in [1.807, 2.05) is 12.3 Å². The van der Waals surface area contributed by atoms with E-state index in [1.165, 1.54) is 30.2 Å². The Balaban J connectivity index is 1.62. The molecule has 0 aromatic carbocycles. The Labute approximate surface area is 102 Å². The molecule has 2 aromatic heterocycles. The molecule has 0 saturated heterocycles. The topological polar surface area (TPSA) is 40.7 Å². The van der Waals surface area contributed by atoms with Gasteiger partial charge in [-0.1, -0.05) is 13.3 Å². The normalized spacial score (nSPS) is 23.1. The van der Waals surface area contributed by atoms with Crippen LogP contribution >= 0.6 is 0 Å². The summed E-state index contributed by atoms with van der Waals surface area (Å²) in [4.78, 5) is 7.52. The molecule has 0 bridgehead atoms. The van der Waals surface area contributed by atoms with Crippen LogP contribution in [0.25, 0.3) is 11.0 Å². The minimum atomic E-state index is 0.747. The van der Waals surface area contributed by atoms with Gasteiger partial charge in [-0.2, -0.15) is 0 Å². The summed E-state index contributed by atoms with van der Waals surface area (Å²) in [5, 5.41) is 4.88. The predicted octanol–water partition coefficient (Wildman–Crippen LogP) is 2.84. The second kappa shape index (κ2) is 4.49. The summed E-state index contributed by atoms with van der Waals surface area (Å²) in [7, 11) is 0. The lowest BCUT2D eigenvalue weighted by molar-refractivity contribution is 0.600. The van der Waals surface area contributed by atoms with Gasteiger partial charge in [-0.15, -0.1) is 0 Å². The number of H-pyrrole nitrogens is 1. The largest absolute Gasteiger partial charge is 0.346 e. The van der Waals surface area contributed by atoms with Gasteiger partial charge in [0.2, 0.25) is 0 Å². The van der Waals surface area contributed by atoms with E-state index in [-0.39, 0.29) is 0 Å². The molecular formula is C14H19N3. The smallest absolute Gasteiger partial charge is 0.137 e. The molecule has 1 fully saturated rings. The van der Waals surface area contributed by atoms with Gasteiger partial charge >= 0.3 is 0 Å².